The number of nitrogens with two attached hydrogens (primary N) is 1. The molecule has 0 amide bonds. The summed E-state index contributed by atoms with van der Waals surface area (Å²) in [5.74, 6) is 0. The van der Waals surface area contributed by atoms with Crippen molar-refractivity contribution in [1.29, 1.82) is 0 Å². The summed E-state index contributed by atoms with van der Waals surface area (Å²) in [7, 11) is -3.10. The first-order valence-corrected chi connectivity index (χ1v) is 7.57. The lowest BCUT2D eigenvalue weighted by molar-refractivity contribution is 0.322. The van der Waals surface area contributed by atoms with Gasteiger partial charge < -0.3 is 10.6 Å². The predicted octanol–water partition coefficient (Wildman–Crippen LogP) is 1.02. The zero-order valence-electron chi connectivity index (χ0n) is 10.2. The largest absolute Gasteiger partial charge is 0.368 e. The fourth-order valence-electron chi connectivity index (χ4n) is 2.02. The van der Waals surface area contributed by atoms with Crippen LogP contribution in [0, 0.1) is 0 Å². The molecule has 0 radical (unpaired) electrons. The summed E-state index contributed by atoms with van der Waals surface area (Å²) in [4.78, 5) is 2.52. The molecule has 0 unspecified atom stereocenters. The summed E-state index contributed by atoms with van der Waals surface area (Å²) in [6.07, 6.45) is 2.18. The lowest BCUT2D eigenvalue weighted by Crippen LogP contribution is -2.67. The molecule has 1 aliphatic heterocycles. The van der Waals surface area contributed by atoms with Crippen LogP contribution in [0.15, 0.2) is 29.2 Å². The van der Waals surface area contributed by atoms with Crippen molar-refractivity contribution in [2.45, 2.75) is 23.8 Å². The van der Waals surface area contributed by atoms with Gasteiger partial charge in [0.2, 0.25) is 0 Å². The number of benzene rings is 1. The van der Waals surface area contributed by atoms with E-state index in [9.17, 15) is 8.42 Å². The number of anilines is 1. The Kier molecular flexibility index (Phi) is 2.91. The van der Waals surface area contributed by atoms with Crippen molar-refractivity contribution in [3.05, 3.63) is 24.3 Å². The Morgan fingerprint density at radius 2 is 1.82 bits per heavy atom. The molecule has 0 aliphatic carbocycles. The maximum Gasteiger partial charge on any atom is 0.175 e. The highest BCUT2D eigenvalue weighted by Gasteiger charge is 2.37. The Labute approximate surface area is 102 Å². The molecule has 94 valence electrons. The Morgan fingerprint density at radius 1 is 1.29 bits per heavy atom. The van der Waals surface area contributed by atoms with Gasteiger partial charge >= 0.3 is 0 Å². The fourth-order valence-corrected chi connectivity index (χ4v) is 2.65. The molecule has 2 rings (SSSR count). The van der Waals surface area contributed by atoms with Gasteiger partial charge in [-0.1, -0.05) is 6.92 Å². The van der Waals surface area contributed by atoms with Gasteiger partial charge in [-0.25, -0.2) is 8.42 Å². The highest BCUT2D eigenvalue weighted by atomic mass is 32.2. The van der Waals surface area contributed by atoms with Gasteiger partial charge in [0, 0.05) is 25.0 Å². The van der Waals surface area contributed by atoms with Crippen molar-refractivity contribution < 1.29 is 8.42 Å². The Balaban J connectivity index is 2.11. The van der Waals surface area contributed by atoms with E-state index in [1.807, 2.05) is 12.1 Å². The second-order valence-electron chi connectivity index (χ2n) is 4.84. The van der Waals surface area contributed by atoms with Crippen LogP contribution in [0.5, 0.6) is 0 Å². The molecule has 5 heteroatoms. The van der Waals surface area contributed by atoms with Crippen LogP contribution in [-0.4, -0.2) is 33.3 Å². The van der Waals surface area contributed by atoms with E-state index >= 15 is 0 Å². The zero-order valence-corrected chi connectivity index (χ0v) is 11.0. The molecule has 1 aromatic carbocycles. The molecule has 1 aliphatic rings. The van der Waals surface area contributed by atoms with E-state index in [0.29, 0.717) is 4.90 Å². The molecule has 17 heavy (non-hydrogen) atoms. The molecule has 1 fully saturated rings. The summed E-state index contributed by atoms with van der Waals surface area (Å²) in [5.41, 5.74) is 7.05. The van der Waals surface area contributed by atoms with Crippen LogP contribution in [0.3, 0.4) is 0 Å². The molecular formula is C12H18N2O2S. The third kappa shape index (κ3) is 2.45. The number of sulfone groups is 1. The maximum atomic E-state index is 11.3. The van der Waals surface area contributed by atoms with Gasteiger partial charge in [0.1, 0.15) is 0 Å². The molecular weight excluding hydrogens is 236 g/mol. The minimum atomic E-state index is -3.10. The summed E-state index contributed by atoms with van der Waals surface area (Å²) < 4.78 is 22.6. The fraction of sp³-hybridized carbons (Fsp3) is 0.500. The SMILES string of the molecule is CCC1(N)CN(c2ccc(S(C)(=O)=O)cc2)C1. The summed E-state index contributed by atoms with van der Waals surface area (Å²) >= 11 is 0. The van der Waals surface area contributed by atoms with Crippen LogP contribution < -0.4 is 10.6 Å². The highest BCUT2D eigenvalue weighted by molar-refractivity contribution is 7.90. The van der Waals surface area contributed by atoms with Gasteiger partial charge in [-0.2, -0.15) is 0 Å². The predicted molar refractivity (Wildman–Crippen MR) is 69.0 cm³/mol. The average Bonchev–Trinajstić information content (AvgIpc) is 2.24. The molecule has 4 nitrogen and oxygen atoms in total. The van der Waals surface area contributed by atoms with Crippen LogP contribution in [0.4, 0.5) is 5.69 Å². The van der Waals surface area contributed by atoms with Crippen LogP contribution in [0.1, 0.15) is 13.3 Å². The molecule has 1 saturated heterocycles. The number of rotatable bonds is 3. The van der Waals surface area contributed by atoms with Crippen molar-refractivity contribution in [3.63, 3.8) is 0 Å². The summed E-state index contributed by atoms with van der Waals surface area (Å²) in [6, 6.07) is 6.97. The van der Waals surface area contributed by atoms with Crippen molar-refractivity contribution in [3.8, 4) is 0 Å². The summed E-state index contributed by atoms with van der Waals surface area (Å²) in [6.45, 7) is 3.76. The minimum absolute atomic E-state index is 0.0739. The first-order valence-electron chi connectivity index (χ1n) is 5.68. The van der Waals surface area contributed by atoms with Crippen LogP contribution in [0.25, 0.3) is 0 Å². The topological polar surface area (TPSA) is 63.4 Å². The molecule has 1 aromatic rings. The second-order valence-corrected chi connectivity index (χ2v) is 6.85. The number of hydrogen-bond acceptors (Lipinski definition) is 4. The van der Waals surface area contributed by atoms with Crippen molar-refractivity contribution in [2.24, 2.45) is 5.73 Å². The number of hydrogen-bond donors (Lipinski definition) is 1. The van der Waals surface area contributed by atoms with Crippen LogP contribution >= 0.6 is 0 Å². The average molecular weight is 254 g/mol. The molecule has 0 bridgehead atoms. The van der Waals surface area contributed by atoms with E-state index in [0.717, 1.165) is 25.2 Å². The van der Waals surface area contributed by atoms with E-state index in [4.69, 9.17) is 5.73 Å². The van der Waals surface area contributed by atoms with E-state index < -0.39 is 9.84 Å². The summed E-state index contributed by atoms with van der Waals surface area (Å²) in [5, 5.41) is 0. The van der Waals surface area contributed by atoms with Gasteiger partial charge in [-0.15, -0.1) is 0 Å². The Bertz CT molecular complexity index is 502. The third-order valence-electron chi connectivity index (χ3n) is 3.35. The van der Waals surface area contributed by atoms with Gasteiger partial charge in [-0.05, 0) is 30.7 Å². The third-order valence-corrected chi connectivity index (χ3v) is 4.47. The minimum Gasteiger partial charge on any atom is -0.368 e. The lowest BCUT2D eigenvalue weighted by atomic mass is 9.88. The molecule has 0 aromatic heterocycles. The van der Waals surface area contributed by atoms with E-state index in [2.05, 4.69) is 11.8 Å². The first-order chi connectivity index (χ1) is 7.84. The quantitative estimate of drug-likeness (QED) is 0.874. The van der Waals surface area contributed by atoms with Crippen molar-refractivity contribution in [1.82, 2.24) is 0 Å². The molecule has 0 atom stereocenters. The maximum absolute atomic E-state index is 11.3. The van der Waals surface area contributed by atoms with E-state index in [1.165, 1.54) is 6.26 Å². The normalized spacial score (nSPS) is 18.9. The van der Waals surface area contributed by atoms with Gasteiger partial charge in [0.15, 0.2) is 9.84 Å². The number of nitrogens with zero attached hydrogens (tertiary/aromatic N) is 1. The molecule has 0 saturated carbocycles. The van der Waals surface area contributed by atoms with E-state index in [-0.39, 0.29) is 5.54 Å². The monoisotopic (exact) mass is 254 g/mol. The van der Waals surface area contributed by atoms with E-state index in [1.54, 1.807) is 12.1 Å². The zero-order chi connectivity index (χ0) is 12.7. The van der Waals surface area contributed by atoms with Crippen molar-refractivity contribution >= 4 is 15.5 Å². The highest BCUT2D eigenvalue weighted by Crippen LogP contribution is 2.28. The Morgan fingerprint density at radius 3 is 2.24 bits per heavy atom. The molecule has 0 spiro atoms. The smallest absolute Gasteiger partial charge is 0.175 e. The van der Waals surface area contributed by atoms with Gasteiger partial charge in [-0.3, -0.25) is 0 Å². The lowest BCUT2D eigenvalue weighted by Gasteiger charge is -2.48. The van der Waals surface area contributed by atoms with Gasteiger partial charge in [0.05, 0.1) is 10.4 Å². The van der Waals surface area contributed by atoms with Crippen LogP contribution in [-0.2, 0) is 9.84 Å². The Hall–Kier alpha value is -1.07. The molecule has 1 heterocycles. The molecule has 2 N–H and O–H groups in total. The standard InChI is InChI=1S/C12H18N2O2S/c1-3-12(13)8-14(9-12)10-4-6-11(7-5-10)17(2,15)16/h4-7H,3,8-9,13H2,1-2H3. The van der Waals surface area contributed by atoms with Gasteiger partial charge in [0.25, 0.3) is 0 Å². The first kappa shape index (κ1) is 12.4. The van der Waals surface area contributed by atoms with Crippen molar-refractivity contribution in [2.75, 3.05) is 24.2 Å². The second kappa shape index (κ2) is 3.99. The van der Waals surface area contributed by atoms with Crippen LogP contribution in [0.2, 0.25) is 0 Å².